The number of rotatable bonds is 7. The van der Waals surface area contributed by atoms with Gasteiger partial charge in [-0.3, -0.25) is 9.59 Å². The summed E-state index contributed by atoms with van der Waals surface area (Å²) in [6, 6.07) is 0. The standard InChI is InChI=1S/C22H36O4/c1-15(13-20(24)25)9-11-21(4)16(2)10-12-22(5)18(14-26-17(3)23)7-6-8-19(21)22/h7,15-16,19H,6,8-14H2,1-5H3,(H,24,25)/t15-,16+,19+,21-,22-/m0/s1. The number of allylic oxidation sites excluding steroid dienone is 1. The van der Waals surface area contributed by atoms with Crippen molar-refractivity contribution in [2.24, 2.45) is 28.6 Å². The summed E-state index contributed by atoms with van der Waals surface area (Å²) in [6.07, 6.45) is 9.12. The lowest BCUT2D eigenvalue weighted by molar-refractivity contribution is -0.141. The molecule has 2 aliphatic rings. The molecule has 0 spiro atoms. The zero-order valence-corrected chi connectivity index (χ0v) is 17.1. The van der Waals surface area contributed by atoms with Crippen LogP contribution in [0.5, 0.6) is 0 Å². The van der Waals surface area contributed by atoms with E-state index in [0.29, 0.717) is 18.4 Å². The van der Waals surface area contributed by atoms with Gasteiger partial charge in [0.05, 0.1) is 0 Å². The molecule has 0 heterocycles. The maximum atomic E-state index is 11.3. The number of carboxylic acid groups (broad SMARTS) is 1. The Morgan fingerprint density at radius 3 is 2.65 bits per heavy atom. The third-order valence-corrected chi connectivity index (χ3v) is 7.50. The van der Waals surface area contributed by atoms with Gasteiger partial charge in [-0.05, 0) is 72.7 Å². The van der Waals surface area contributed by atoms with Crippen LogP contribution < -0.4 is 0 Å². The van der Waals surface area contributed by atoms with Crippen molar-refractivity contribution in [1.82, 2.24) is 0 Å². The molecule has 0 bridgehead atoms. The summed E-state index contributed by atoms with van der Waals surface area (Å²) < 4.78 is 5.36. The van der Waals surface area contributed by atoms with Crippen LogP contribution in [-0.4, -0.2) is 23.7 Å². The summed E-state index contributed by atoms with van der Waals surface area (Å²) >= 11 is 0. The molecule has 4 heteroatoms. The molecule has 0 aromatic carbocycles. The number of carboxylic acids is 1. The van der Waals surface area contributed by atoms with E-state index in [1.165, 1.54) is 25.3 Å². The number of hydrogen-bond acceptors (Lipinski definition) is 3. The fourth-order valence-corrected chi connectivity index (χ4v) is 5.56. The monoisotopic (exact) mass is 364 g/mol. The molecule has 0 amide bonds. The van der Waals surface area contributed by atoms with Gasteiger partial charge in [0.25, 0.3) is 0 Å². The number of hydrogen-bond donors (Lipinski definition) is 1. The van der Waals surface area contributed by atoms with Gasteiger partial charge in [0, 0.05) is 13.3 Å². The molecular weight excluding hydrogens is 328 g/mol. The minimum absolute atomic E-state index is 0.0883. The first-order valence-electron chi connectivity index (χ1n) is 10.1. The SMILES string of the molecule is CC(=O)OCC1=CCC[C@@H]2[C@@](C)(CC[C@H](C)CC(=O)O)[C@H](C)CC[C@@]12C. The van der Waals surface area contributed by atoms with Crippen LogP contribution >= 0.6 is 0 Å². The third kappa shape index (κ3) is 4.32. The fraction of sp³-hybridized carbons (Fsp3) is 0.818. The summed E-state index contributed by atoms with van der Waals surface area (Å²) in [4.78, 5) is 22.3. The molecule has 26 heavy (non-hydrogen) atoms. The van der Waals surface area contributed by atoms with Crippen molar-refractivity contribution >= 4 is 11.9 Å². The molecule has 1 fully saturated rings. The second kappa shape index (κ2) is 8.14. The zero-order chi connectivity index (χ0) is 19.5. The summed E-state index contributed by atoms with van der Waals surface area (Å²) in [7, 11) is 0. The summed E-state index contributed by atoms with van der Waals surface area (Å²) in [5.41, 5.74) is 1.58. The second-order valence-corrected chi connectivity index (χ2v) is 9.24. The van der Waals surface area contributed by atoms with Crippen LogP contribution in [-0.2, 0) is 14.3 Å². The summed E-state index contributed by atoms with van der Waals surface area (Å²) in [5, 5.41) is 9.06. The van der Waals surface area contributed by atoms with Gasteiger partial charge in [0.2, 0.25) is 0 Å². The van der Waals surface area contributed by atoms with Crippen molar-refractivity contribution in [1.29, 1.82) is 0 Å². The Morgan fingerprint density at radius 1 is 1.35 bits per heavy atom. The highest BCUT2D eigenvalue weighted by atomic mass is 16.5. The highest BCUT2D eigenvalue weighted by Gasteiger charge is 2.53. The molecule has 2 rings (SSSR count). The number of carbonyl (C=O) groups excluding carboxylic acids is 1. The van der Waals surface area contributed by atoms with Gasteiger partial charge in [-0.1, -0.05) is 33.8 Å². The Hall–Kier alpha value is -1.32. The smallest absolute Gasteiger partial charge is 0.303 e. The molecule has 1 N–H and O–H groups in total. The molecule has 0 radical (unpaired) electrons. The molecule has 1 saturated carbocycles. The van der Waals surface area contributed by atoms with Crippen LogP contribution in [0.2, 0.25) is 0 Å². The number of aliphatic carboxylic acids is 1. The van der Waals surface area contributed by atoms with E-state index in [-0.39, 0.29) is 29.1 Å². The van der Waals surface area contributed by atoms with Gasteiger partial charge in [-0.2, -0.15) is 0 Å². The van der Waals surface area contributed by atoms with Crippen molar-refractivity contribution in [2.75, 3.05) is 6.61 Å². The van der Waals surface area contributed by atoms with Crippen LogP contribution in [0.4, 0.5) is 0 Å². The van der Waals surface area contributed by atoms with Gasteiger partial charge in [0.15, 0.2) is 0 Å². The molecule has 0 unspecified atom stereocenters. The van der Waals surface area contributed by atoms with Gasteiger partial charge in [-0.25, -0.2) is 0 Å². The third-order valence-electron chi connectivity index (χ3n) is 7.50. The van der Waals surface area contributed by atoms with Gasteiger partial charge in [0.1, 0.15) is 6.61 Å². The number of carbonyl (C=O) groups is 2. The van der Waals surface area contributed by atoms with Crippen molar-refractivity contribution in [2.45, 2.75) is 79.6 Å². The predicted molar refractivity (Wildman–Crippen MR) is 103 cm³/mol. The van der Waals surface area contributed by atoms with Crippen LogP contribution in [0.3, 0.4) is 0 Å². The minimum Gasteiger partial charge on any atom is -0.481 e. The number of fused-ring (bicyclic) bond motifs is 1. The lowest BCUT2D eigenvalue weighted by Gasteiger charge is -2.58. The van der Waals surface area contributed by atoms with E-state index in [2.05, 4.69) is 33.8 Å². The van der Waals surface area contributed by atoms with Crippen molar-refractivity contribution in [3.63, 3.8) is 0 Å². The van der Waals surface area contributed by atoms with Gasteiger partial charge in [-0.15, -0.1) is 0 Å². The van der Waals surface area contributed by atoms with E-state index in [9.17, 15) is 9.59 Å². The molecule has 0 aromatic heterocycles. The summed E-state index contributed by atoms with van der Waals surface area (Å²) in [5.74, 6) is 0.487. The molecule has 0 saturated heterocycles. The Balaban J connectivity index is 2.18. The van der Waals surface area contributed by atoms with E-state index < -0.39 is 5.97 Å². The molecule has 5 atom stereocenters. The average Bonchev–Trinajstić information content (AvgIpc) is 2.55. The Labute approximate surface area is 158 Å². The first-order valence-corrected chi connectivity index (χ1v) is 10.1. The predicted octanol–water partition coefficient (Wildman–Crippen LogP) is 5.22. The average molecular weight is 365 g/mol. The fourth-order valence-electron chi connectivity index (χ4n) is 5.56. The topological polar surface area (TPSA) is 63.6 Å². The first kappa shape index (κ1) is 21.0. The molecule has 0 aliphatic heterocycles. The molecular formula is C22H36O4. The van der Waals surface area contributed by atoms with Crippen LogP contribution in [0.25, 0.3) is 0 Å². The van der Waals surface area contributed by atoms with Gasteiger partial charge < -0.3 is 9.84 Å². The lowest BCUT2D eigenvalue weighted by Crippen LogP contribution is -2.50. The largest absolute Gasteiger partial charge is 0.481 e. The molecule has 0 aromatic rings. The minimum atomic E-state index is -0.701. The molecule has 148 valence electrons. The normalized spacial score (nSPS) is 35.2. The van der Waals surface area contributed by atoms with E-state index in [1.807, 2.05) is 0 Å². The Morgan fingerprint density at radius 2 is 2.04 bits per heavy atom. The Kier molecular flexibility index (Phi) is 6.57. The van der Waals surface area contributed by atoms with E-state index in [4.69, 9.17) is 9.84 Å². The molecule has 4 nitrogen and oxygen atoms in total. The molecule has 2 aliphatic carbocycles. The van der Waals surface area contributed by atoms with Crippen molar-refractivity contribution in [3.05, 3.63) is 11.6 Å². The van der Waals surface area contributed by atoms with Gasteiger partial charge >= 0.3 is 11.9 Å². The maximum absolute atomic E-state index is 11.3. The quantitative estimate of drug-likeness (QED) is 0.497. The van der Waals surface area contributed by atoms with E-state index >= 15 is 0 Å². The summed E-state index contributed by atoms with van der Waals surface area (Å²) in [6.45, 7) is 11.1. The van der Waals surface area contributed by atoms with Crippen LogP contribution in [0, 0.1) is 28.6 Å². The van der Waals surface area contributed by atoms with E-state index in [0.717, 1.165) is 25.7 Å². The van der Waals surface area contributed by atoms with Crippen molar-refractivity contribution < 1.29 is 19.4 Å². The van der Waals surface area contributed by atoms with Crippen LogP contribution in [0.15, 0.2) is 11.6 Å². The lowest BCUT2D eigenvalue weighted by atomic mass is 9.46. The maximum Gasteiger partial charge on any atom is 0.303 e. The van der Waals surface area contributed by atoms with Crippen molar-refractivity contribution in [3.8, 4) is 0 Å². The van der Waals surface area contributed by atoms with E-state index in [1.54, 1.807) is 0 Å². The highest BCUT2D eigenvalue weighted by Crippen LogP contribution is 2.62. The Bertz CT molecular complexity index is 566. The number of esters is 1. The number of ether oxygens (including phenoxy) is 1. The second-order valence-electron chi connectivity index (χ2n) is 9.24. The first-order chi connectivity index (χ1) is 12.1. The highest BCUT2D eigenvalue weighted by molar-refractivity contribution is 5.67. The zero-order valence-electron chi connectivity index (χ0n) is 17.1. The van der Waals surface area contributed by atoms with Crippen LogP contribution in [0.1, 0.15) is 79.6 Å².